The molecule has 0 bridgehead atoms. The summed E-state index contributed by atoms with van der Waals surface area (Å²) in [6.45, 7) is 3.85. The van der Waals surface area contributed by atoms with Gasteiger partial charge in [0.15, 0.2) is 6.04 Å². The number of ether oxygens (including phenoxy) is 1. The summed E-state index contributed by atoms with van der Waals surface area (Å²) in [5.41, 5.74) is 5.82. The molecule has 4 aromatic carbocycles. The molecule has 0 aliphatic heterocycles. The third kappa shape index (κ3) is 5.43. The maximum atomic E-state index is 14.0. The molecule has 0 spiro atoms. The number of aromatic nitrogens is 2. The molecule has 5 rings (SSSR count). The fourth-order valence-electron chi connectivity index (χ4n) is 5.00. The van der Waals surface area contributed by atoms with Gasteiger partial charge in [-0.1, -0.05) is 109 Å². The molecule has 1 N–H and O–H groups in total. The summed E-state index contributed by atoms with van der Waals surface area (Å²) >= 11 is 0. The van der Waals surface area contributed by atoms with Crippen molar-refractivity contribution in [1.29, 1.82) is 0 Å². The van der Waals surface area contributed by atoms with Crippen molar-refractivity contribution in [3.8, 4) is 5.69 Å². The molecule has 0 amide bonds. The zero-order chi connectivity index (χ0) is 28.1. The Balaban J connectivity index is 1.77. The van der Waals surface area contributed by atoms with E-state index in [1.807, 2.05) is 129 Å². The number of para-hydroxylation sites is 1. The summed E-state index contributed by atoms with van der Waals surface area (Å²) in [6, 6.07) is 35.7. The van der Waals surface area contributed by atoms with E-state index in [0.29, 0.717) is 22.7 Å². The first-order chi connectivity index (χ1) is 19.5. The number of aliphatic imine (C=N–C) groups is 1. The number of aromatic amines is 1. The van der Waals surface area contributed by atoms with E-state index in [1.165, 1.54) is 11.8 Å². The topological polar surface area (TPSA) is 76.4 Å². The zero-order valence-electron chi connectivity index (χ0n) is 22.7. The zero-order valence-corrected chi connectivity index (χ0v) is 22.7. The van der Waals surface area contributed by atoms with Gasteiger partial charge in [-0.25, -0.2) is 9.48 Å². The van der Waals surface area contributed by atoms with Crippen LogP contribution in [0.25, 0.3) is 5.69 Å². The lowest BCUT2D eigenvalue weighted by molar-refractivity contribution is -0.142. The van der Waals surface area contributed by atoms with Crippen LogP contribution >= 0.6 is 0 Å². The highest BCUT2D eigenvalue weighted by Crippen LogP contribution is 2.32. The smallest absolute Gasteiger partial charge is 0.331 e. The van der Waals surface area contributed by atoms with E-state index in [1.54, 1.807) is 0 Å². The van der Waals surface area contributed by atoms with Gasteiger partial charge in [0.1, 0.15) is 0 Å². The number of carbonyl (C=O) groups excluding carboxylic acids is 1. The van der Waals surface area contributed by atoms with Crippen LogP contribution in [0.5, 0.6) is 0 Å². The van der Waals surface area contributed by atoms with Crippen LogP contribution in [0.1, 0.15) is 39.4 Å². The van der Waals surface area contributed by atoms with E-state index < -0.39 is 17.9 Å². The molecule has 6 heteroatoms. The Morgan fingerprint density at radius 3 is 1.82 bits per heavy atom. The summed E-state index contributed by atoms with van der Waals surface area (Å²) < 4.78 is 6.85. The Labute approximate surface area is 233 Å². The molecule has 1 aromatic heterocycles. The third-order valence-corrected chi connectivity index (χ3v) is 7.00. The molecular formula is C34H31N3O3. The first kappa shape index (κ1) is 26.6. The molecule has 40 heavy (non-hydrogen) atoms. The second-order valence-electron chi connectivity index (χ2n) is 9.69. The number of H-pyrrole nitrogens is 1. The minimum absolute atomic E-state index is 0.237. The number of nitrogens with one attached hydrogen (secondary N) is 1. The van der Waals surface area contributed by atoms with Crippen LogP contribution in [-0.4, -0.2) is 34.6 Å². The number of nitrogens with zero attached hydrogens (tertiary/aromatic N) is 2. The highest BCUT2D eigenvalue weighted by Gasteiger charge is 2.36. The van der Waals surface area contributed by atoms with Crippen LogP contribution in [0.3, 0.4) is 0 Å². The molecule has 0 radical (unpaired) electrons. The largest absolute Gasteiger partial charge is 0.467 e. The molecule has 0 saturated carbocycles. The molecule has 5 aromatic rings. The highest BCUT2D eigenvalue weighted by atomic mass is 16.5. The SMILES string of the molecule is COC(=O)[C@@H](N=C(c1ccccc1)c1ccccc1)[C@H](c1ccc(C)cc1)c1c(C)[nH]n(-c2ccccc2)c1=O. The van der Waals surface area contributed by atoms with Crippen molar-refractivity contribution in [2.45, 2.75) is 25.8 Å². The summed E-state index contributed by atoms with van der Waals surface area (Å²) in [6.07, 6.45) is 0. The number of carbonyl (C=O) groups is 1. The van der Waals surface area contributed by atoms with E-state index in [4.69, 9.17) is 9.73 Å². The number of hydrogen-bond acceptors (Lipinski definition) is 4. The van der Waals surface area contributed by atoms with Gasteiger partial charge >= 0.3 is 5.97 Å². The molecule has 2 atom stereocenters. The second-order valence-corrected chi connectivity index (χ2v) is 9.69. The molecule has 1 heterocycles. The number of methoxy groups -OCH3 is 1. The predicted molar refractivity (Wildman–Crippen MR) is 158 cm³/mol. The van der Waals surface area contributed by atoms with Crippen molar-refractivity contribution in [1.82, 2.24) is 9.78 Å². The van der Waals surface area contributed by atoms with E-state index in [9.17, 15) is 9.59 Å². The molecule has 0 aliphatic carbocycles. The van der Waals surface area contributed by atoms with Crippen LogP contribution in [0.15, 0.2) is 125 Å². The van der Waals surface area contributed by atoms with Gasteiger partial charge in [0.05, 0.1) is 18.5 Å². The van der Waals surface area contributed by atoms with Gasteiger partial charge in [-0.05, 0) is 31.5 Å². The maximum Gasteiger partial charge on any atom is 0.331 e. The number of hydrogen-bond donors (Lipinski definition) is 1. The average Bonchev–Trinajstić information content (AvgIpc) is 3.30. The van der Waals surface area contributed by atoms with Gasteiger partial charge in [-0.15, -0.1) is 0 Å². The summed E-state index contributed by atoms with van der Waals surface area (Å²) in [4.78, 5) is 32.8. The van der Waals surface area contributed by atoms with Crippen LogP contribution in [0, 0.1) is 13.8 Å². The van der Waals surface area contributed by atoms with E-state index in [2.05, 4.69) is 5.10 Å². The fourth-order valence-corrected chi connectivity index (χ4v) is 5.00. The van der Waals surface area contributed by atoms with Crippen molar-refractivity contribution >= 4 is 11.7 Å². The number of rotatable bonds is 8. The van der Waals surface area contributed by atoms with Crippen LogP contribution in [0.2, 0.25) is 0 Å². The molecule has 0 aliphatic rings. The molecule has 0 saturated heterocycles. The first-order valence-electron chi connectivity index (χ1n) is 13.2. The van der Waals surface area contributed by atoms with Gasteiger partial charge in [0.25, 0.3) is 5.56 Å². The van der Waals surface area contributed by atoms with Crippen molar-refractivity contribution in [3.05, 3.63) is 159 Å². The number of benzene rings is 4. The van der Waals surface area contributed by atoms with Crippen LogP contribution < -0.4 is 5.56 Å². The molecular weight excluding hydrogens is 498 g/mol. The van der Waals surface area contributed by atoms with Crippen molar-refractivity contribution in [2.24, 2.45) is 4.99 Å². The molecule has 0 unspecified atom stereocenters. The quantitative estimate of drug-likeness (QED) is 0.198. The minimum atomic E-state index is -1.03. The molecule has 6 nitrogen and oxygen atoms in total. The Morgan fingerprint density at radius 2 is 1.30 bits per heavy atom. The van der Waals surface area contributed by atoms with Gasteiger partial charge in [-0.3, -0.25) is 14.9 Å². The summed E-state index contributed by atoms with van der Waals surface area (Å²) in [7, 11) is 1.36. The monoisotopic (exact) mass is 529 g/mol. The minimum Gasteiger partial charge on any atom is -0.467 e. The van der Waals surface area contributed by atoms with Crippen molar-refractivity contribution < 1.29 is 9.53 Å². The Hall–Kier alpha value is -4.97. The van der Waals surface area contributed by atoms with Gasteiger partial charge in [-0.2, -0.15) is 0 Å². The van der Waals surface area contributed by atoms with Gasteiger partial charge < -0.3 is 4.74 Å². The molecule has 0 fully saturated rings. The molecule has 200 valence electrons. The van der Waals surface area contributed by atoms with Gasteiger partial charge in [0.2, 0.25) is 0 Å². The standard InChI is InChI=1S/C34H31N3O3/c1-23-19-21-25(22-20-23)30(29-24(2)36-37(33(29)38)28-17-11-6-12-18-28)32(34(39)40-3)35-31(26-13-7-4-8-14-26)27-15-9-5-10-16-27/h4-22,30,32,36H,1-3H3/t30-,32+/m1/s1. The van der Waals surface area contributed by atoms with Crippen molar-refractivity contribution in [2.75, 3.05) is 7.11 Å². The Kier molecular flexibility index (Phi) is 7.87. The Bertz CT molecular complexity index is 1630. The third-order valence-electron chi connectivity index (χ3n) is 7.00. The van der Waals surface area contributed by atoms with Gasteiger partial charge in [0, 0.05) is 28.3 Å². The first-order valence-corrected chi connectivity index (χ1v) is 13.2. The fraction of sp³-hybridized carbons (Fsp3) is 0.147. The average molecular weight is 530 g/mol. The normalized spacial score (nSPS) is 12.4. The highest BCUT2D eigenvalue weighted by molar-refractivity contribution is 6.13. The van der Waals surface area contributed by atoms with E-state index in [0.717, 1.165) is 22.3 Å². The maximum absolute atomic E-state index is 14.0. The van der Waals surface area contributed by atoms with E-state index >= 15 is 0 Å². The van der Waals surface area contributed by atoms with Crippen LogP contribution in [0.4, 0.5) is 0 Å². The lowest BCUT2D eigenvalue weighted by Crippen LogP contribution is -2.33. The number of aryl methyl sites for hydroxylation is 2. The summed E-state index contributed by atoms with van der Waals surface area (Å²) in [5, 5.41) is 3.22. The Morgan fingerprint density at radius 1 is 0.775 bits per heavy atom. The van der Waals surface area contributed by atoms with Crippen molar-refractivity contribution in [3.63, 3.8) is 0 Å². The lowest BCUT2D eigenvalue weighted by atomic mass is 9.84. The summed E-state index contributed by atoms with van der Waals surface area (Å²) in [5.74, 6) is -1.23. The lowest BCUT2D eigenvalue weighted by Gasteiger charge is -2.24. The van der Waals surface area contributed by atoms with E-state index in [-0.39, 0.29) is 5.56 Å². The second kappa shape index (κ2) is 11.8. The van der Waals surface area contributed by atoms with Crippen LogP contribution in [-0.2, 0) is 9.53 Å². The number of esters is 1. The predicted octanol–water partition coefficient (Wildman–Crippen LogP) is 5.99.